The van der Waals surface area contributed by atoms with Gasteiger partial charge in [0.15, 0.2) is 17.1 Å². The number of carbonyl (C=O) groups excluding carboxylic acids is 4. The number of fused-ring (bicyclic) bond motifs is 4. The van der Waals surface area contributed by atoms with Crippen molar-refractivity contribution in [3.05, 3.63) is 113 Å². The molecule has 2 aromatic carbocycles. The van der Waals surface area contributed by atoms with Gasteiger partial charge in [-0.3, -0.25) is 19.2 Å². The van der Waals surface area contributed by atoms with Crippen molar-refractivity contribution in [2.45, 2.75) is 51.9 Å². The summed E-state index contributed by atoms with van der Waals surface area (Å²) in [6, 6.07) is 16.1. The molecule has 0 radical (unpaired) electrons. The lowest BCUT2D eigenvalue weighted by Gasteiger charge is -2.23. The summed E-state index contributed by atoms with van der Waals surface area (Å²) < 4.78 is 12.7. The van der Waals surface area contributed by atoms with Gasteiger partial charge in [0.1, 0.15) is 24.7 Å². The Hall–Kier alpha value is -6.19. The third-order valence-electron chi connectivity index (χ3n) is 8.01. The van der Waals surface area contributed by atoms with Crippen LogP contribution in [0.2, 0.25) is 0 Å². The maximum Gasteiger partial charge on any atom is 0.274 e. The maximum absolute atomic E-state index is 13.8. The lowest BCUT2D eigenvalue weighted by atomic mass is 10.0. The Morgan fingerprint density at radius 1 is 0.960 bits per heavy atom. The molecule has 0 saturated heterocycles. The fourth-order valence-electron chi connectivity index (χ4n) is 5.52. The number of tetrazole rings is 1. The minimum absolute atomic E-state index is 0.00388. The molecule has 3 aromatic heterocycles. The van der Waals surface area contributed by atoms with Crippen molar-refractivity contribution in [1.82, 2.24) is 51.2 Å². The predicted octanol–water partition coefficient (Wildman–Crippen LogP) is 2.33. The van der Waals surface area contributed by atoms with Crippen molar-refractivity contribution in [1.29, 1.82) is 0 Å². The van der Waals surface area contributed by atoms with Crippen LogP contribution in [0.5, 0.6) is 0 Å². The molecule has 6 rings (SSSR count). The van der Waals surface area contributed by atoms with Gasteiger partial charge < -0.3 is 29.8 Å². The third kappa shape index (κ3) is 8.44. The zero-order chi connectivity index (χ0) is 35.0. The minimum Gasteiger partial charge on any atom is -0.446 e. The second-order valence-corrected chi connectivity index (χ2v) is 12.3. The number of hydrogen-bond acceptors (Lipinski definition) is 11. The topological polar surface area (TPSA) is 203 Å². The third-order valence-corrected chi connectivity index (χ3v) is 8.01. The van der Waals surface area contributed by atoms with E-state index in [-0.39, 0.29) is 60.9 Å². The number of nitrogens with one attached hydrogen (secondary N) is 3. The molecular weight excluding hydrogens is 644 g/mol. The first-order valence-electron chi connectivity index (χ1n) is 16.1. The highest BCUT2D eigenvalue weighted by molar-refractivity contribution is 5.96. The Morgan fingerprint density at radius 2 is 1.72 bits per heavy atom. The van der Waals surface area contributed by atoms with E-state index in [2.05, 4.69) is 41.6 Å². The van der Waals surface area contributed by atoms with Crippen LogP contribution < -0.4 is 16.0 Å². The van der Waals surface area contributed by atoms with E-state index in [1.807, 2.05) is 44.2 Å². The Morgan fingerprint density at radius 3 is 2.46 bits per heavy atom. The molecule has 4 bridgehead atoms. The quantitative estimate of drug-likeness (QED) is 0.228. The highest BCUT2D eigenvalue weighted by Crippen LogP contribution is 2.22. The fourth-order valence-corrected chi connectivity index (χ4v) is 5.52. The van der Waals surface area contributed by atoms with Crippen molar-refractivity contribution in [2.24, 2.45) is 5.92 Å². The molecule has 1 aliphatic rings. The van der Waals surface area contributed by atoms with Crippen molar-refractivity contribution in [3.8, 4) is 0 Å². The lowest BCUT2D eigenvalue weighted by Crippen LogP contribution is -2.49. The summed E-state index contributed by atoms with van der Waals surface area (Å²) in [7, 11) is 0. The van der Waals surface area contributed by atoms with Crippen LogP contribution in [0.1, 0.15) is 80.4 Å². The lowest BCUT2D eigenvalue weighted by molar-refractivity contribution is -0.123. The first-order valence-corrected chi connectivity index (χ1v) is 16.1. The maximum atomic E-state index is 13.8. The first kappa shape index (κ1) is 33.7. The number of nitrogens with zero attached hydrogens (tertiary/aromatic N) is 7. The molecule has 4 heterocycles. The highest BCUT2D eigenvalue weighted by Gasteiger charge is 2.28. The van der Waals surface area contributed by atoms with E-state index in [4.69, 9.17) is 8.94 Å². The molecule has 258 valence electrons. The normalized spacial score (nSPS) is 17.4. The van der Waals surface area contributed by atoms with Crippen LogP contribution in [0.3, 0.4) is 0 Å². The molecule has 16 nitrogen and oxygen atoms in total. The van der Waals surface area contributed by atoms with Gasteiger partial charge in [0.2, 0.25) is 11.8 Å². The second kappa shape index (κ2) is 15.4. The van der Waals surface area contributed by atoms with Gasteiger partial charge in [-0.15, -0.1) is 5.10 Å². The van der Waals surface area contributed by atoms with E-state index in [1.54, 1.807) is 28.9 Å². The average molecular weight is 681 g/mol. The van der Waals surface area contributed by atoms with Gasteiger partial charge in [-0.1, -0.05) is 61.5 Å². The molecule has 4 amide bonds. The number of oxazole rings is 1. The molecule has 3 N–H and O–H groups in total. The van der Waals surface area contributed by atoms with Gasteiger partial charge in [0, 0.05) is 31.1 Å². The molecule has 0 fully saturated rings. The van der Waals surface area contributed by atoms with Crippen LogP contribution in [0.15, 0.2) is 82.2 Å². The predicted molar refractivity (Wildman–Crippen MR) is 175 cm³/mol. The van der Waals surface area contributed by atoms with Crippen molar-refractivity contribution < 1.29 is 28.1 Å². The summed E-state index contributed by atoms with van der Waals surface area (Å²) in [6.45, 7) is 4.47. The van der Waals surface area contributed by atoms with Gasteiger partial charge in [0.25, 0.3) is 17.7 Å². The molecule has 16 heteroatoms. The highest BCUT2D eigenvalue weighted by atomic mass is 16.5. The molecule has 0 saturated carbocycles. The zero-order valence-electron chi connectivity index (χ0n) is 27.5. The Bertz CT molecular complexity index is 1920. The monoisotopic (exact) mass is 680 g/mol. The van der Waals surface area contributed by atoms with Crippen molar-refractivity contribution >= 4 is 23.6 Å². The van der Waals surface area contributed by atoms with Crippen LogP contribution in [0.4, 0.5) is 0 Å². The van der Waals surface area contributed by atoms with E-state index >= 15 is 0 Å². The van der Waals surface area contributed by atoms with E-state index in [1.165, 1.54) is 23.6 Å². The minimum atomic E-state index is -0.969. The number of carbonyl (C=O) groups is 4. The van der Waals surface area contributed by atoms with E-state index < -0.39 is 29.8 Å². The van der Waals surface area contributed by atoms with Crippen LogP contribution in [0.25, 0.3) is 0 Å². The molecule has 50 heavy (non-hydrogen) atoms. The summed E-state index contributed by atoms with van der Waals surface area (Å²) in [6.07, 6.45) is 3.35. The average Bonchev–Trinajstić information content (AvgIpc) is 3.90. The van der Waals surface area contributed by atoms with E-state index in [0.717, 1.165) is 11.1 Å². The largest absolute Gasteiger partial charge is 0.446 e. The Kier molecular flexibility index (Phi) is 10.4. The summed E-state index contributed by atoms with van der Waals surface area (Å²) in [4.78, 5) is 60.0. The Labute approximate surface area is 286 Å². The standard InChI is InChI=1S/C34H36N10O6/c1-21(2)14-28-33-39-29(19-49-33)32(47)37-26(15-22-6-4-3-5-7-22)30(45)35-12-13-43(18-25-16-27(40-50-25)31(46)38-28)34(48)24-10-8-23(9-11-24)17-44-20-36-41-42-44/h3-11,16,19-21,26,28H,12-15,17-18H2,1-2H3,(H,35,45)(H,37,47)(H,38,46)/t26-,28+/m0/s1. The van der Waals surface area contributed by atoms with Gasteiger partial charge in [-0.05, 0) is 46.0 Å². The van der Waals surface area contributed by atoms with Crippen LogP contribution in [-0.2, 0) is 24.3 Å². The fraction of sp³-hybridized carbons (Fsp3) is 0.324. The molecule has 1 aliphatic heterocycles. The van der Waals surface area contributed by atoms with E-state index in [0.29, 0.717) is 18.5 Å². The summed E-state index contributed by atoms with van der Waals surface area (Å²) >= 11 is 0. The number of benzene rings is 2. The van der Waals surface area contributed by atoms with Gasteiger partial charge in [-0.2, -0.15) is 0 Å². The number of amides is 4. The summed E-state index contributed by atoms with van der Waals surface area (Å²) in [5, 5.41) is 23.6. The van der Waals surface area contributed by atoms with Gasteiger partial charge in [0.05, 0.1) is 13.1 Å². The molecule has 5 aromatic rings. The van der Waals surface area contributed by atoms with Crippen molar-refractivity contribution in [2.75, 3.05) is 13.1 Å². The number of hydrogen-bond donors (Lipinski definition) is 3. The van der Waals surface area contributed by atoms with Crippen LogP contribution >= 0.6 is 0 Å². The molecular formula is C34H36N10O6. The smallest absolute Gasteiger partial charge is 0.274 e. The Balaban J connectivity index is 1.28. The number of aromatic nitrogens is 6. The van der Waals surface area contributed by atoms with Crippen LogP contribution in [0, 0.1) is 5.92 Å². The summed E-state index contributed by atoms with van der Waals surface area (Å²) in [5.41, 5.74) is 2.06. The SMILES string of the molecule is CC(C)C[C@H]1NC(=O)c2cc(on2)CN(C(=O)c2ccc(Cn3cnnn3)cc2)CCNC(=O)[C@H](Cc2ccccc2)NC(=O)c2coc1n2. The number of rotatable bonds is 7. The summed E-state index contributed by atoms with van der Waals surface area (Å²) in [5.74, 6) is -1.42. The molecule has 0 aliphatic carbocycles. The van der Waals surface area contributed by atoms with Crippen molar-refractivity contribution in [3.63, 3.8) is 0 Å². The van der Waals surface area contributed by atoms with Gasteiger partial charge >= 0.3 is 0 Å². The van der Waals surface area contributed by atoms with Gasteiger partial charge in [-0.25, -0.2) is 9.67 Å². The zero-order valence-corrected chi connectivity index (χ0v) is 27.5. The first-order chi connectivity index (χ1) is 24.2. The second-order valence-electron chi connectivity index (χ2n) is 12.3. The molecule has 2 atom stereocenters. The molecule has 0 unspecified atom stereocenters. The molecule has 0 spiro atoms. The van der Waals surface area contributed by atoms with E-state index in [9.17, 15) is 19.2 Å². The van der Waals surface area contributed by atoms with Crippen LogP contribution in [-0.4, -0.2) is 78.0 Å².